The van der Waals surface area contributed by atoms with Crippen LogP contribution in [0.5, 0.6) is 0 Å². The standard InChI is InChI=1S/C53H97NO7/c1-6-8-10-12-14-16-18-20-22-23-24-25-26-27-28-30-31-33-35-37-39-41-43-51(55)60-48-49(47-59-46-45-50(53(57)58)54(3,4)5)61-52(56)44-42-40-38-36-34-32-29-21-19-17-15-13-11-9-7-2/h9,11,13,15,17,19,49-50H,6-8,10,12,14,16,18,20-48H2,1-5H3/b11-9+,15-13+,19-17+. The molecule has 2 atom stereocenters. The van der Waals surface area contributed by atoms with Crippen molar-refractivity contribution in [2.45, 2.75) is 244 Å². The van der Waals surface area contributed by atoms with E-state index in [9.17, 15) is 19.5 Å². The van der Waals surface area contributed by atoms with Gasteiger partial charge in [-0.25, -0.2) is 0 Å². The Labute approximate surface area is 376 Å². The summed E-state index contributed by atoms with van der Waals surface area (Å²) in [7, 11) is 5.41. The molecule has 0 N–H and O–H groups in total. The Hall–Kier alpha value is -2.45. The van der Waals surface area contributed by atoms with Gasteiger partial charge in [-0.05, 0) is 32.1 Å². The summed E-state index contributed by atoms with van der Waals surface area (Å²) in [5.74, 6) is -1.74. The summed E-state index contributed by atoms with van der Waals surface area (Å²) in [6, 6.07) is -0.727. The Morgan fingerprint density at radius 2 is 0.918 bits per heavy atom. The lowest BCUT2D eigenvalue weighted by atomic mass is 10.0. The first-order valence-corrected chi connectivity index (χ1v) is 25.5. The van der Waals surface area contributed by atoms with Crippen LogP contribution in [-0.2, 0) is 28.6 Å². The Morgan fingerprint density at radius 1 is 0.508 bits per heavy atom. The van der Waals surface area contributed by atoms with Crippen LogP contribution >= 0.6 is 0 Å². The van der Waals surface area contributed by atoms with Crippen molar-refractivity contribution in [3.8, 4) is 0 Å². The van der Waals surface area contributed by atoms with E-state index in [1.807, 2.05) is 0 Å². The third kappa shape index (κ3) is 42.6. The highest BCUT2D eigenvalue weighted by Gasteiger charge is 2.25. The maximum absolute atomic E-state index is 12.8. The number of rotatable bonds is 46. The van der Waals surface area contributed by atoms with E-state index in [4.69, 9.17) is 14.2 Å². The number of likely N-dealkylation sites (N-methyl/N-ethyl adjacent to an activating group) is 1. The molecule has 0 saturated carbocycles. The molecule has 0 fully saturated rings. The third-order valence-corrected chi connectivity index (χ3v) is 11.6. The van der Waals surface area contributed by atoms with E-state index in [-0.39, 0.29) is 42.7 Å². The first-order chi connectivity index (χ1) is 29.6. The van der Waals surface area contributed by atoms with Gasteiger partial charge in [-0.1, -0.05) is 217 Å². The number of aliphatic carboxylic acids is 1. The zero-order chi connectivity index (χ0) is 44.9. The van der Waals surface area contributed by atoms with Gasteiger partial charge < -0.3 is 28.6 Å². The van der Waals surface area contributed by atoms with E-state index in [1.165, 1.54) is 141 Å². The van der Waals surface area contributed by atoms with Crippen molar-refractivity contribution < 1.29 is 38.2 Å². The minimum atomic E-state index is -1.13. The van der Waals surface area contributed by atoms with E-state index < -0.39 is 18.1 Å². The second kappa shape index (κ2) is 44.2. The third-order valence-electron chi connectivity index (χ3n) is 11.6. The molecule has 0 amide bonds. The predicted octanol–water partition coefficient (Wildman–Crippen LogP) is 13.3. The molecule has 356 valence electrons. The molecule has 0 aromatic rings. The molecule has 8 nitrogen and oxygen atoms in total. The summed E-state index contributed by atoms with van der Waals surface area (Å²) in [4.78, 5) is 37.0. The second-order valence-electron chi connectivity index (χ2n) is 18.4. The molecule has 0 aromatic heterocycles. The zero-order valence-corrected chi connectivity index (χ0v) is 40.6. The SMILES string of the molecule is CC/C=C/C=C/C=C/CCCCCCCCCC(=O)OC(COCCC(C(=O)[O-])[N+](C)(C)C)COC(=O)CCCCCCCCCCCCCCCCCCCCCCCC. The molecule has 0 bridgehead atoms. The number of hydrogen-bond donors (Lipinski definition) is 0. The second-order valence-corrected chi connectivity index (χ2v) is 18.4. The molecule has 0 rings (SSSR count). The van der Waals surface area contributed by atoms with Crippen LogP contribution in [0.1, 0.15) is 232 Å². The van der Waals surface area contributed by atoms with Crippen LogP contribution in [0.4, 0.5) is 0 Å². The van der Waals surface area contributed by atoms with Gasteiger partial charge in [0, 0.05) is 19.3 Å². The van der Waals surface area contributed by atoms with Gasteiger partial charge >= 0.3 is 11.9 Å². The quantitative estimate of drug-likeness (QED) is 0.0260. The fourth-order valence-electron chi connectivity index (χ4n) is 7.66. The van der Waals surface area contributed by atoms with Crippen LogP contribution < -0.4 is 5.11 Å². The lowest BCUT2D eigenvalue weighted by Gasteiger charge is -2.34. The number of carbonyl (C=O) groups is 3. The van der Waals surface area contributed by atoms with Crippen LogP contribution in [0.25, 0.3) is 0 Å². The molecule has 61 heavy (non-hydrogen) atoms. The number of hydrogen-bond acceptors (Lipinski definition) is 7. The Balaban J connectivity index is 4.18. The number of quaternary nitrogens is 1. The zero-order valence-electron chi connectivity index (χ0n) is 40.6. The molecule has 2 unspecified atom stereocenters. The fourth-order valence-corrected chi connectivity index (χ4v) is 7.66. The summed E-state index contributed by atoms with van der Waals surface area (Å²) in [5, 5.41) is 11.7. The molecular weight excluding hydrogens is 763 g/mol. The van der Waals surface area contributed by atoms with Crippen LogP contribution in [0.2, 0.25) is 0 Å². The van der Waals surface area contributed by atoms with Gasteiger partial charge in [-0.3, -0.25) is 9.59 Å². The maximum Gasteiger partial charge on any atom is 0.306 e. The average molecular weight is 860 g/mol. The van der Waals surface area contributed by atoms with Crippen molar-refractivity contribution in [3.63, 3.8) is 0 Å². The lowest BCUT2D eigenvalue weighted by molar-refractivity contribution is -0.889. The summed E-state index contributed by atoms with van der Waals surface area (Å²) >= 11 is 0. The number of allylic oxidation sites excluding steroid dienone is 6. The molecule has 0 aliphatic rings. The predicted molar refractivity (Wildman–Crippen MR) is 254 cm³/mol. The summed E-state index contributed by atoms with van der Waals surface area (Å²) in [5.41, 5.74) is 0. The number of unbranched alkanes of at least 4 members (excludes halogenated alkanes) is 28. The Morgan fingerprint density at radius 3 is 1.34 bits per heavy atom. The first-order valence-electron chi connectivity index (χ1n) is 25.5. The van der Waals surface area contributed by atoms with Crippen LogP contribution in [0.15, 0.2) is 36.5 Å². The highest BCUT2D eigenvalue weighted by atomic mass is 16.6. The molecule has 0 heterocycles. The topological polar surface area (TPSA) is 102 Å². The lowest BCUT2D eigenvalue weighted by Crippen LogP contribution is -2.55. The van der Waals surface area contributed by atoms with Crippen LogP contribution in [0.3, 0.4) is 0 Å². The van der Waals surface area contributed by atoms with Crippen LogP contribution in [-0.4, -0.2) is 75.5 Å². The number of nitrogens with zero attached hydrogens (tertiary/aromatic N) is 1. The van der Waals surface area contributed by atoms with Gasteiger partial charge in [0.05, 0.1) is 40.3 Å². The fraction of sp³-hybridized carbons (Fsp3) is 0.830. The van der Waals surface area contributed by atoms with E-state index >= 15 is 0 Å². The van der Waals surface area contributed by atoms with Crippen molar-refractivity contribution in [1.82, 2.24) is 0 Å². The minimum Gasteiger partial charge on any atom is -0.544 e. The number of esters is 2. The normalized spacial score (nSPS) is 13.1. The Kier molecular flexibility index (Phi) is 42.4. The number of ether oxygens (including phenoxy) is 3. The highest BCUT2D eigenvalue weighted by molar-refractivity contribution is 5.70. The highest BCUT2D eigenvalue weighted by Crippen LogP contribution is 2.17. The summed E-state index contributed by atoms with van der Waals surface area (Å²) in [6.07, 6.45) is 51.8. The summed E-state index contributed by atoms with van der Waals surface area (Å²) < 4.78 is 17.2. The number of carboxylic acid groups (broad SMARTS) is 1. The first kappa shape index (κ1) is 58.6. The van der Waals surface area contributed by atoms with Gasteiger partial charge in [-0.15, -0.1) is 0 Å². The van der Waals surface area contributed by atoms with E-state index in [0.29, 0.717) is 12.8 Å². The molecule has 8 heteroatoms. The molecule has 0 aliphatic heterocycles. The van der Waals surface area contributed by atoms with Gasteiger partial charge in [0.1, 0.15) is 12.6 Å². The van der Waals surface area contributed by atoms with Gasteiger partial charge in [0.25, 0.3) is 0 Å². The van der Waals surface area contributed by atoms with Crippen molar-refractivity contribution in [1.29, 1.82) is 0 Å². The van der Waals surface area contributed by atoms with E-state index in [1.54, 1.807) is 21.1 Å². The monoisotopic (exact) mass is 860 g/mol. The van der Waals surface area contributed by atoms with Gasteiger partial charge in [-0.2, -0.15) is 0 Å². The van der Waals surface area contributed by atoms with E-state index in [2.05, 4.69) is 50.3 Å². The molecule has 0 aliphatic carbocycles. The summed E-state index contributed by atoms with van der Waals surface area (Å²) in [6.45, 7) is 4.55. The molecular formula is C53H97NO7. The largest absolute Gasteiger partial charge is 0.544 e. The maximum atomic E-state index is 12.8. The average Bonchev–Trinajstić information content (AvgIpc) is 3.22. The smallest absolute Gasteiger partial charge is 0.306 e. The van der Waals surface area contributed by atoms with Crippen molar-refractivity contribution in [3.05, 3.63) is 36.5 Å². The number of carbonyl (C=O) groups excluding carboxylic acids is 3. The van der Waals surface area contributed by atoms with Gasteiger partial charge in [0.2, 0.25) is 0 Å². The molecule has 0 spiro atoms. The van der Waals surface area contributed by atoms with Crippen molar-refractivity contribution in [2.75, 3.05) is 41.0 Å². The Bertz CT molecular complexity index is 1090. The van der Waals surface area contributed by atoms with Crippen molar-refractivity contribution >= 4 is 17.9 Å². The van der Waals surface area contributed by atoms with Crippen LogP contribution in [0, 0.1) is 0 Å². The van der Waals surface area contributed by atoms with E-state index in [0.717, 1.165) is 57.8 Å². The number of carboxylic acids is 1. The molecule has 0 aromatic carbocycles. The van der Waals surface area contributed by atoms with Crippen molar-refractivity contribution in [2.24, 2.45) is 0 Å². The molecule has 0 radical (unpaired) electrons. The minimum absolute atomic E-state index is 0.0384. The molecule has 0 saturated heterocycles. The van der Waals surface area contributed by atoms with Gasteiger partial charge in [0.15, 0.2) is 6.10 Å².